The van der Waals surface area contributed by atoms with Crippen LogP contribution in [0.25, 0.3) is 0 Å². The lowest BCUT2D eigenvalue weighted by Crippen LogP contribution is -2.14. The molecule has 2 rings (SSSR count). The first kappa shape index (κ1) is 16.1. The van der Waals surface area contributed by atoms with Crippen LogP contribution in [0.4, 0.5) is 21.5 Å². The molecule has 8 heteroatoms. The first-order valence-electron chi connectivity index (χ1n) is 6.50. The summed E-state index contributed by atoms with van der Waals surface area (Å²) in [5.74, 6) is -1.73. The molecule has 0 aliphatic rings. The molecular weight excluding hydrogens is 305 g/mol. The molecule has 2 aromatic rings. The molecule has 2 amide bonds. The van der Waals surface area contributed by atoms with Crippen LogP contribution in [0.2, 0.25) is 0 Å². The molecule has 0 heterocycles. The zero-order valence-electron chi connectivity index (χ0n) is 12.0. The Kier molecular flexibility index (Phi) is 4.65. The predicted octanol–water partition coefficient (Wildman–Crippen LogP) is 2.94. The Labute approximate surface area is 130 Å². The molecule has 2 N–H and O–H groups in total. The van der Waals surface area contributed by atoms with E-state index in [2.05, 4.69) is 10.6 Å². The number of hydrogen-bond donors (Lipinski definition) is 2. The summed E-state index contributed by atoms with van der Waals surface area (Å²) in [6.45, 7) is 1.22. The van der Waals surface area contributed by atoms with Gasteiger partial charge in [0.2, 0.25) is 5.91 Å². The molecule has 0 saturated heterocycles. The maximum Gasteiger partial charge on any atom is 0.271 e. The highest BCUT2D eigenvalue weighted by Gasteiger charge is 2.12. The van der Waals surface area contributed by atoms with E-state index in [9.17, 15) is 24.1 Å². The van der Waals surface area contributed by atoms with Gasteiger partial charge in [-0.15, -0.1) is 0 Å². The minimum absolute atomic E-state index is 0.0988. The molecule has 0 spiro atoms. The second kappa shape index (κ2) is 6.65. The zero-order chi connectivity index (χ0) is 17.0. The third kappa shape index (κ3) is 4.10. The van der Waals surface area contributed by atoms with Crippen LogP contribution in [0.15, 0.2) is 42.5 Å². The monoisotopic (exact) mass is 317 g/mol. The number of carbonyl (C=O) groups excluding carboxylic acids is 2. The lowest BCUT2D eigenvalue weighted by atomic mass is 10.1. The number of anilines is 2. The first-order valence-corrected chi connectivity index (χ1v) is 6.50. The summed E-state index contributed by atoms with van der Waals surface area (Å²) in [5, 5.41) is 15.5. The molecule has 0 atom stereocenters. The highest BCUT2D eigenvalue weighted by atomic mass is 19.1. The Morgan fingerprint density at radius 3 is 2.52 bits per heavy atom. The Bertz CT molecular complexity index is 792. The number of benzene rings is 2. The topological polar surface area (TPSA) is 101 Å². The maximum absolute atomic E-state index is 13.5. The van der Waals surface area contributed by atoms with E-state index in [-0.39, 0.29) is 22.6 Å². The molecule has 0 unspecified atom stereocenters. The number of non-ortho nitro benzene ring substituents is 1. The van der Waals surface area contributed by atoms with Gasteiger partial charge in [-0.1, -0.05) is 6.07 Å². The molecule has 0 aliphatic carbocycles. The summed E-state index contributed by atoms with van der Waals surface area (Å²) in [5.41, 5.74) is 0.0429. The van der Waals surface area contributed by atoms with Crippen molar-refractivity contribution in [2.45, 2.75) is 6.92 Å². The maximum atomic E-state index is 13.5. The van der Waals surface area contributed by atoms with Crippen molar-refractivity contribution in [3.05, 3.63) is 64.0 Å². The number of carbonyl (C=O) groups is 2. The average molecular weight is 317 g/mol. The van der Waals surface area contributed by atoms with E-state index in [0.717, 1.165) is 6.07 Å². The van der Waals surface area contributed by atoms with Gasteiger partial charge >= 0.3 is 0 Å². The van der Waals surface area contributed by atoms with E-state index in [0.29, 0.717) is 0 Å². The van der Waals surface area contributed by atoms with Crippen LogP contribution < -0.4 is 10.6 Å². The van der Waals surface area contributed by atoms with Crippen molar-refractivity contribution in [1.29, 1.82) is 0 Å². The Morgan fingerprint density at radius 1 is 1.13 bits per heavy atom. The molecule has 0 saturated carbocycles. The van der Waals surface area contributed by atoms with E-state index in [1.165, 1.54) is 43.3 Å². The second-order valence-corrected chi connectivity index (χ2v) is 4.64. The number of hydrogen-bond acceptors (Lipinski definition) is 4. The molecule has 7 nitrogen and oxygen atoms in total. The fourth-order valence-electron chi connectivity index (χ4n) is 1.85. The summed E-state index contributed by atoms with van der Waals surface area (Å²) in [4.78, 5) is 33.2. The van der Waals surface area contributed by atoms with Gasteiger partial charge in [0.1, 0.15) is 5.82 Å². The van der Waals surface area contributed by atoms with Crippen LogP contribution in [0, 0.1) is 15.9 Å². The first-order chi connectivity index (χ1) is 10.9. The molecule has 0 radical (unpaired) electrons. The van der Waals surface area contributed by atoms with Crippen LogP contribution in [0.3, 0.4) is 0 Å². The molecule has 0 aromatic heterocycles. The molecule has 0 fully saturated rings. The van der Waals surface area contributed by atoms with E-state index in [1.807, 2.05) is 0 Å². The Morgan fingerprint density at radius 2 is 1.87 bits per heavy atom. The standard InChI is InChI=1S/C15H12FN3O4/c1-9(20)17-14-7-10(5-6-13(14)16)15(21)18-11-3-2-4-12(8-11)19(22)23/h2-8H,1H3,(H,17,20)(H,18,21). The third-order valence-electron chi connectivity index (χ3n) is 2.85. The van der Waals surface area contributed by atoms with E-state index >= 15 is 0 Å². The summed E-state index contributed by atoms with van der Waals surface area (Å²) >= 11 is 0. The van der Waals surface area contributed by atoms with Crippen molar-refractivity contribution in [1.82, 2.24) is 0 Å². The third-order valence-corrected chi connectivity index (χ3v) is 2.85. The number of nitro benzene ring substituents is 1. The summed E-state index contributed by atoms with van der Waals surface area (Å²) < 4.78 is 13.5. The summed E-state index contributed by atoms with van der Waals surface area (Å²) in [7, 11) is 0. The normalized spacial score (nSPS) is 10.0. The Balaban J connectivity index is 2.22. The number of rotatable bonds is 4. The van der Waals surface area contributed by atoms with E-state index < -0.39 is 22.6 Å². The van der Waals surface area contributed by atoms with E-state index in [1.54, 1.807) is 0 Å². The predicted molar refractivity (Wildman–Crippen MR) is 81.8 cm³/mol. The summed E-state index contributed by atoms with van der Waals surface area (Å²) in [6.07, 6.45) is 0. The lowest BCUT2D eigenvalue weighted by Gasteiger charge is -2.08. The highest BCUT2D eigenvalue weighted by molar-refractivity contribution is 6.05. The van der Waals surface area contributed by atoms with Crippen LogP contribution >= 0.6 is 0 Å². The van der Waals surface area contributed by atoms with Crippen molar-refractivity contribution in [3.63, 3.8) is 0 Å². The van der Waals surface area contributed by atoms with Gasteiger partial charge in [-0.25, -0.2) is 4.39 Å². The zero-order valence-corrected chi connectivity index (χ0v) is 12.0. The fraction of sp³-hybridized carbons (Fsp3) is 0.0667. The van der Waals surface area contributed by atoms with Gasteiger partial charge in [-0.2, -0.15) is 0 Å². The van der Waals surface area contributed by atoms with Crippen LogP contribution in [-0.2, 0) is 4.79 Å². The molecule has 2 aromatic carbocycles. The number of nitrogens with one attached hydrogen (secondary N) is 2. The Hall–Kier alpha value is -3.29. The van der Waals surface area contributed by atoms with Gasteiger partial charge in [0.15, 0.2) is 0 Å². The molecule has 23 heavy (non-hydrogen) atoms. The molecular formula is C15H12FN3O4. The van der Waals surface area contributed by atoms with Crippen LogP contribution in [0.5, 0.6) is 0 Å². The largest absolute Gasteiger partial charge is 0.324 e. The van der Waals surface area contributed by atoms with Gasteiger partial charge < -0.3 is 10.6 Å². The van der Waals surface area contributed by atoms with Gasteiger partial charge in [-0.3, -0.25) is 19.7 Å². The van der Waals surface area contributed by atoms with Gasteiger partial charge in [0.05, 0.1) is 10.6 Å². The average Bonchev–Trinajstić information content (AvgIpc) is 2.49. The SMILES string of the molecule is CC(=O)Nc1cc(C(=O)Nc2cccc([N+](=O)[O-])c2)ccc1F. The van der Waals surface area contributed by atoms with Crippen molar-refractivity contribution in [2.24, 2.45) is 0 Å². The van der Waals surface area contributed by atoms with Gasteiger partial charge in [0.25, 0.3) is 11.6 Å². The fourth-order valence-corrected chi connectivity index (χ4v) is 1.85. The van der Waals surface area contributed by atoms with Crippen LogP contribution in [0.1, 0.15) is 17.3 Å². The smallest absolute Gasteiger partial charge is 0.271 e. The number of nitro groups is 1. The van der Waals surface area contributed by atoms with Crippen molar-refractivity contribution >= 4 is 28.9 Å². The summed E-state index contributed by atoms with van der Waals surface area (Å²) in [6, 6.07) is 8.90. The highest BCUT2D eigenvalue weighted by Crippen LogP contribution is 2.20. The van der Waals surface area contributed by atoms with Crippen molar-refractivity contribution < 1.29 is 18.9 Å². The molecule has 0 aliphatic heterocycles. The quantitative estimate of drug-likeness (QED) is 0.668. The van der Waals surface area contributed by atoms with Crippen molar-refractivity contribution in [3.8, 4) is 0 Å². The number of nitrogens with zero attached hydrogens (tertiary/aromatic N) is 1. The van der Waals surface area contributed by atoms with Gasteiger partial charge in [0, 0.05) is 30.3 Å². The second-order valence-electron chi connectivity index (χ2n) is 4.64. The minimum atomic E-state index is -0.674. The number of amides is 2. The lowest BCUT2D eigenvalue weighted by molar-refractivity contribution is -0.384. The number of halogens is 1. The van der Waals surface area contributed by atoms with E-state index in [4.69, 9.17) is 0 Å². The van der Waals surface area contributed by atoms with Gasteiger partial charge in [-0.05, 0) is 24.3 Å². The van der Waals surface area contributed by atoms with Crippen LogP contribution in [-0.4, -0.2) is 16.7 Å². The van der Waals surface area contributed by atoms with Crippen molar-refractivity contribution in [2.75, 3.05) is 10.6 Å². The molecule has 118 valence electrons. The molecule has 0 bridgehead atoms. The minimum Gasteiger partial charge on any atom is -0.324 e.